The Balaban J connectivity index is 2.17. The van der Waals surface area contributed by atoms with Crippen LogP contribution in [0.3, 0.4) is 0 Å². The van der Waals surface area contributed by atoms with E-state index in [1.165, 1.54) is 6.92 Å². The van der Waals surface area contributed by atoms with Gasteiger partial charge in [-0.2, -0.15) is 5.10 Å². The zero-order chi connectivity index (χ0) is 16.2. The molecule has 1 atom stereocenters. The number of carboxylic acids is 1. The maximum atomic E-state index is 12.2. The summed E-state index contributed by atoms with van der Waals surface area (Å²) >= 11 is 0. The van der Waals surface area contributed by atoms with Crippen molar-refractivity contribution in [2.45, 2.75) is 32.2 Å². The molecule has 2 rings (SSSR count). The summed E-state index contributed by atoms with van der Waals surface area (Å²) in [5, 5.41) is 18.6. The van der Waals surface area contributed by atoms with Crippen LogP contribution in [0.15, 0.2) is 36.4 Å². The van der Waals surface area contributed by atoms with E-state index in [0.717, 1.165) is 5.56 Å². The van der Waals surface area contributed by atoms with Crippen LogP contribution in [0.4, 0.5) is 0 Å². The van der Waals surface area contributed by atoms with E-state index in [4.69, 9.17) is 0 Å². The number of hydrogen-bond donors (Lipinski definition) is 3. The lowest BCUT2D eigenvalue weighted by molar-refractivity contribution is -0.144. The van der Waals surface area contributed by atoms with E-state index in [0.29, 0.717) is 18.5 Å². The molecule has 1 heterocycles. The molecule has 2 aromatic rings. The second kappa shape index (κ2) is 6.43. The molecule has 1 aromatic heterocycles. The second-order valence-corrected chi connectivity index (χ2v) is 5.37. The lowest BCUT2D eigenvalue weighted by atomic mass is 9.96. The minimum Gasteiger partial charge on any atom is -0.480 e. The van der Waals surface area contributed by atoms with Gasteiger partial charge in [0.25, 0.3) is 5.91 Å². The van der Waals surface area contributed by atoms with E-state index < -0.39 is 17.4 Å². The van der Waals surface area contributed by atoms with Crippen molar-refractivity contribution in [2.75, 3.05) is 0 Å². The molecule has 0 aliphatic heterocycles. The number of aliphatic carboxylic acids is 1. The number of aromatic amines is 1. The number of amides is 1. The van der Waals surface area contributed by atoms with Gasteiger partial charge in [-0.25, -0.2) is 4.79 Å². The van der Waals surface area contributed by atoms with Gasteiger partial charge < -0.3 is 10.4 Å². The molecule has 116 valence electrons. The smallest absolute Gasteiger partial charge is 0.329 e. The van der Waals surface area contributed by atoms with Crippen molar-refractivity contribution in [2.24, 2.45) is 0 Å². The largest absolute Gasteiger partial charge is 0.480 e. The maximum absolute atomic E-state index is 12.2. The molecule has 0 saturated heterocycles. The van der Waals surface area contributed by atoms with Gasteiger partial charge in [-0.1, -0.05) is 43.7 Å². The number of carboxylic acid groups (broad SMARTS) is 1. The van der Waals surface area contributed by atoms with Gasteiger partial charge in [0.2, 0.25) is 0 Å². The minimum atomic E-state index is -1.29. The first-order chi connectivity index (χ1) is 10.5. The summed E-state index contributed by atoms with van der Waals surface area (Å²) in [7, 11) is 0. The third-order valence-electron chi connectivity index (χ3n) is 3.50. The molecule has 6 nitrogen and oxygen atoms in total. The average Bonchev–Trinajstić information content (AvgIpc) is 2.98. The molecule has 1 unspecified atom stereocenters. The second-order valence-electron chi connectivity index (χ2n) is 5.37. The molecule has 0 fully saturated rings. The molecular formula is C16H19N3O3. The Labute approximate surface area is 128 Å². The summed E-state index contributed by atoms with van der Waals surface area (Å²) in [5.74, 6) is -1.53. The summed E-state index contributed by atoms with van der Waals surface area (Å²) in [4.78, 5) is 23.6. The van der Waals surface area contributed by atoms with Crippen LogP contribution in [0.25, 0.3) is 11.3 Å². The van der Waals surface area contributed by atoms with Crippen LogP contribution in [-0.4, -0.2) is 32.7 Å². The summed E-state index contributed by atoms with van der Waals surface area (Å²) in [6, 6.07) is 11.0. The number of benzene rings is 1. The molecule has 0 aliphatic carbocycles. The van der Waals surface area contributed by atoms with Gasteiger partial charge in [0.15, 0.2) is 0 Å². The highest BCUT2D eigenvalue weighted by molar-refractivity contribution is 5.97. The Hall–Kier alpha value is -2.63. The number of nitrogens with zero attached hydrogens (tertiary/aromatic N) is 1. The Morgan fingerprint density at radius 2 is 2.00 bits per heavy atom. The maximum Gasteiger partial charge on any atom is 0.329 e. The molecule has 0 spiro atoms. The SMILES string of the molecule is CCCC(C)(NC(=O)c1cc(-c2ccccc2)n[nH]1)C(=O)O. The third kappa shape index (κ3) is 3.33. The molecule has 0 radical (unpaired) electrons. The fourth-order valence-corrected chi connectivity index (χ4v) is 2.24. The van der Waals surface area contributed by atoms with Crippen molar-refractivity contribution >= 4 is 11.9 Å². The number of aromatic nitrogens is 2. The van der Waals surface area contributed by atoms with E-state index in [2.05, 4.69) is 15.5 Å². The van der Waals surface area contributed by atoms with Crippen LogP contribution in [0.5, 0.6) is 0 Å². The molecule has 0 bridgehead atoms. The number of carbonyl (C=O) groups is 2. The standard InChI is InChI=1S/C16H19N3O3/c1-3-9-16(2,15(21)22)17-14(20)13-10-12(18-19-13)11-7-5-4-6-8-11/h4-8,10H,3,9H2,1-2H3,(H,17,20)(H,18,19)(H,21,22). The third-order valence-corrected chi connectivity index (χ3v) is 3.50. The number of carbonyl (C=O) groups excluding carboxylic acids is 1. The minimum absolute atomic E-state index is 0.238. The van der Waals surface area contributed by atoms with Gasteiger partial charge in [0.1, 0.15) is 11.2 Å². The normalized spacial score (nSPS) is 13.4. The molecular weight excluding hydrogens is 282 g/mol. The van der Waals surface area contributed by atoms with Crippen LogP contribution in [0.1, 0.15) is 37.2 Å². The van der Waals surface area contributed by atoms with Crippen molar-refractivity contribution < 1.29 is 14.7 Å². The summed E-state index contributed by atoms with van der Waals surface area (Å²) in [5.41, 5.74) is 0.470. The number of hydrogen-bond acceptors (Lipinski definition) is 3. The zero-order valence-electron chi connectivity index (χ0n) is 12.6. The van der Waals surface area contributed by atoms with Crippen LogP contribution in [-0.2, 0) is 4.79 Å². The Kier molecular flexibility index (Phi) is 4.60. The lowest BCUT2D eigenvalue weighted by Gasteiger charge is -2.25. The number of H-pyrrole nitrogens is 1. The van der Waals surface area contributed by atoms with E-state index >= 15 is 0 Å². The number of rotatable bonds is 6. The first-order valence-electron chi connectivity index (χ1n) is 7.13. The van der Waals surface area contributed by atoms with Gasteiger partial charge in [-0.05, 0) is 19.4 Å². The first kappa shape index (κ1) is 15.8. The van der Waals surface area contributed by atoms with Gasteiger partial charge in [-0.3, -0.25) is 9.89 Å². The predicted molar refractivity (Wildman–Crippen MR) is 82.4 cm³/mol. The molecule has 6 heteroatoms. The van der Waals surface area contributed by atoms with Gasteiger partial charge in [0, 0.05) is 5.56 Å². The highest BCUT2D eigenvalue weighted by Crippen LogP contribution is 2.18. The fourth-order valence-electron chi connectivity index (χ4n) is 2.24. The van der Waals surface area contributed by atoms with Gasteiger partial charge >= 0.3 is 5.97 Å². The molecule has 1 aromatic carbocycles. The van der Waals surface area contributed by atoms with E-state index in [1.807, 2.05) is 37.3 Å². The zero-order valence-corrected chi connectivity index (χ0v) is 12.6. The summed E-state index contributed by atoms with van der Waals surface area (Å²) in [6.07, 6.45) is 1.01. The van der Waals surface area contributed by atoms with E-state index in [-0.39, 0.29) is 5.69 Å². The Morgan fingerprint density at radius 3 is 2.59 bits per heavy atom. The summed E-state index contributed by atoms with van der Waals surface area (Å²) < 4.78 is 0. The van der Waals surface area contributed by atoms with Gasteiger partial charge in [0.05, 0.1) is 5.69 Å². The molecule has 0 aliphatic rings. The van der Waals surface area contributed by atoms with Crippen molar-refractivity contribution in [1.82, 2.24) is 15.5 Å². The highest BCUT2D eigenvalue weighted by Gasteiger charge is 2.34. The van der Waals surface area contributed by atoms with E-state index in [9.17, 15) is 14.7 Å². The lowest BCUT2D eigenvalue weighted by Crippen LogP contribution is -2.52. The molecule has 22 heavy (non-hydrogen) atoms. The van der Waals surface area contributed by atoms with Crippen LogP contribution in [0.2, 0.25) is 0 Å². The molecule has 1 amide bonds. The van der Waals surface area contributed by atoms with E-state index in [1.54, 1.807) is 6.07 Å². The Morgan fingerprint density at radius 1 is 1.32 bits per heavy atom. The average molecular weight is 301 g/mol. The van der Waals surface area contributed by atoms with Crippen molar-refractivity contribution in [3.8, 4) is 11.3 Å². The Bertz CT molecular complexity index is 666. The fraction of sp³-hybridized carbons (Fsp3) is 0.312. The van der Waals surface area contributed by atoms with Crippen molar-refractivity contribution in [1.29, 1.82) is 0 Å². The van der Waals surface area contributed by atoms with Crippen LogP contribution >= 0.6 is 0 Å². The summed E-state index contributed by atoms with van der Waals surface area (Å²) in [6.45, 7) is 3.38. The van der Waals surface area contributed by atoms with Gasteiger partial charge in [-0.15, -0.1) is 0 Å². The predicted octanol–water partition coefficient (Wildman–Crippen LogP) is 2.45. The van der Waals surface area contributed by atoms with Crippen LogP contribution in [0, 0.1) is 0 Å². The van der Waals surface area contributed by atoms with Crippen molar-refractivity contribution in [3.63, 3.8) is 0 Å². The van der Waals surface area contributed by atoms with Crippen molar-refractivity contribution in [3.05, 3.63) is 42.1 Å². The molecule has 3 N–H and O–H groups in total. The quantitative estimate of drug-likeness (QED) is 0.763. The highest BCUT2D eigenvalue weighted by atomic mass is 16.4. The number of nitrogens with one attached hydrogen (secondary N) is 2. The topological polar surface area (TPSA) is 95.1 Å². The molecule has 0 saturated carbocycles. The van der Waals surface area contributed by atoms with Crippen LogP contribution < -0.4 is 5.32 Å². The monoisotopic (exact) mass is 301 g/mol. The first-order valence-corrected chi connectivity index (χ1v) is 7.13.